The zero-order valence-corrected chi connectivity index (χ0v) is 41.4. The number of carbonyl (C=O) groups excluding carboxylic acids is 3. The van der Waals surface area contributed by atoms with Crippen molar-refractivity contribution in [3.8, 4) is 0 Å². The fraction of sp³-hybridized carbons (Fsp3) is 0.839. The Balaban J connectivity index is 4.27. The van der Waals surface area contributed by atoms with Crippen LogP contribution < -0.4 is 0 Å². The van der Waals surface area contributed by atoms with Crippen molar-refractivity contribution in [3.05, 3.63) is 36.5 Å². The van der Waals surface area contributed by atoms with Crippen LogP contribution in [0.4, 0.5) is 0 Å². The summed E-state index contributed by atoms with van der Waals surface area (Å²) in [6, 6.07) is 0. The molecule has 0 spiro atoms. The largest absolute Gasteiger partial charge is 0.462 e. The summed E-state index contributed by atoms with van der Waals surface area (Å²) in [7, 11) is 0. The predicted molar refractivity (Wildman–Crippen MR) is 266 cm³/mol. The third-order valence-corrected chi connectivity index (χ3v) is 11.9. The van der Waals surface area contributed by atoms with Gasteiger partial charge in [-0.3, -0.25) is 14.4 Å². The van der Waals surface area contributed by atoms with E-state index in [1.54, 1.807) is 0 Å². The molecule has 0 saturated carbocycles. The van der Waals surface area contributed by atoms with Gasteiger partial charge in [-0.05, 0) is 77.0 Å². The monoisotopic (exact) mass is 871 g/mol. The SMILES string of the molecule is CCCCCC/C=C\C/C=C\CCCCCCCCCC(=O)OCC(COC(=O)CCCCCCCCCC)OC(=O)CCCCCCCCC/C=C\CCCCCCCCC. The number of rotatable bonds is 49. The van der Waals surface area contributed by atoms with Gasteiger partial charge in [-0.15, -0.1) is 0 Å². The van der Waals surface area contributed by atoms with E-state index in [2.05, 4.69) is 57.2 Å². The molecule has 0 aliphatic carbocycles. The van der Waals surface area contributed by atoms with Crippen LogP contribution in [0.5, 0.6) is 0 Å². The second kappa shape index (κ2) is 51.3. The molecular weight excluding hydrogens is 769 g/mol. The van der Waals surface area contributed by atoms with Gasteiger partial charge in [0.05, 0.1) is 0 Å². The van der Waals surface area contributed by atoms with Gasteiger partial charge in [-0.25, -0.2) is 0 Å². The van der Waals surface area contributed by atoms with Crippen molar-refractivity contribution in [1.82, 2.24) is 0 Å². The van der Waals surface area contributed by atoms with Crippen molar-refractivity contribution in [2.45, 2.75) is 290 Å². The Hall–Kier alpha value is -2.37. The highest BCUT2D eigenvalue weighted by atomic mass is 16.6. The normalized spacial score (nSPS) is 12.2. The smallest absolute Gasteiger partial charge is 0.306 e. The molecular formula is C56H102O6. The summed E-state index contributed by atoms with van der Waals surface area (Å²) < 4.78 is 16.8. The number of hydrogen-bond donors (Lipinski definition) is 0. The van der Waals surface area contributed by atoms with Gasteiger partial charge in [-0.1, -0.05) is 224 Å². The minimum absolute atomic E-state index is 0.0742. The van der Waals surface area contributed by atoms with Crippen LogP contribution in [-0.4, -0.2) is 37.2 Å². The van der Waals surface area contributed by atoms with Crippen LogP contribution >= 0.6 is 0 Å². The molecule has 62 heavy (non-hydrogen) atoms. The van der Waals surface area contributed by atoms with Crippen LogP contribution in [0.3, 0.4) is 0 Å². The first-order valence-corrected chi connectivity index (χ1v) is 27.0. The standard InChI is InChI=1S/C56H102O6/c1-4-7-10-13-16-19-21-23-25-27-29-31-33-35-37-40-43-46-49-55(58)61-52-53(51-60-54(57)48-45-42-39-18-15-12-9-6-3)62-56(59)50-47-44-41-38-36-34-32-30-28-26-24-22-20-17-14-11-8-5-2/h19,21,25-28,53H,4-18,20,22-24,29-52H2,1-3H3/b21-19-,27-25-,28-26-. The molecule has 0 rings (SSSR count). The fourth-order valence-corrected chi connectivity index (χ4v) is 7.76. The van der Waals surface area contributed by atoms with E-state index >= 15 is 0 Å². The van der Waals surface area contributed by atoms with Crippen molar-refractivity contribution in [1.29, 1.82) is 0 Å². The predicted octanol–water partition coefficient (Wildman–Crippen LogP) is 17.7. The van der Waals surface area contributed by atoms with Crippen molar-refractivity contribution in [2.24, 2.45) is 0 Å². The Morgan fingerprint density at radius 1 is 0.323 bits per heavy atom. The summed E-state index contributed by atoms with van der Waals surface area (Å²) in [4.78, 5) is 37.9. The molecule has 0 heterocycles. The van der Waals surface area contributed by atoms with Crippen LogP contribution in [0.1, 0.15) is 284 Å². The van der Waals surface area contributed by atoms with Crippen LogP contribution in [0, 0.1) is 0 Å². The molecule has 6 heteroatoms. The molecule has 0 radical (unpaired) electrons. The van der Waals surface area contributed by atoms with E-state index < -0.39 is 6.10 Å². The second-order valence-electron chi connectivity index (χ2n) is 18.1. The van der Waals surface area contributed by atoms with Crippen molar-refractivity contribution in [3.63, 3.8) is 0 Å². The molecule has 0 amide bonds. The lowest BCUT2D eigenvalue weighted by atomic mass is 10.1. The Morgan fingerprint density at radius 3 is 0.919 bits per heavy atom. The average molecular weight is 871 g/mol. The molecule has 362 valence electrons. The van der Waals surface area contributed by atoms with Crippen LogP contribution in [0.25, 0.3) is 0 Å². The average Bonchev–Trinajstić information content (AvgIpc) is 3.27. The Labute approximate surface area is 385 Å². The highest BCUT2D eigenvalue weighted by molar-refractivity contribution is 5.71. The summed E-state index contributed by atoms with van der Waals surface area (Å²) in [6.07, 6.45) is 59.9. The Kier molecular flexibility index (Phi) is 49.3. The van der Waals surface area contributed by atoms with Gasteiger partial charge in [0.2, 0.25) is 0 Å². The third kappa shape index (κ3) is 48.7. The van der Waals surface area contributed by atoms with Gasteiger partial charge in [0.25, 0.3) is 0 Å². The molecule has 0 fully saturated rings. The van der Waals surface area contributed by atoms with Crippen molar-refractivity contribution in [2.75, 3.05) is 13.2 Å². The lowest BCUT2D eigenvalue weighted by Gasteiger charge is -2.18. The summed E-state index contributed by atoms with van der Waals surface area (Å²) in [6.45, 7) is 6.60. The molecule has 0 N–H and O–H groups in total. The third-order valence-electron chi connectivity index (χ3n) is 11.9. The molecule has 1 unspecified atom stereocenters. The number of carbonyl (C=O) groups is 3. The number of allylic oxidation sites excluding steroid dienone is 6. The lowest BCUT2D eigenvalue weighted by Crippen LogP contribution is -2.30. The molecule has 0 saturated heterocycles. The maximum atomic E-state index is 12.8. The maximum Gasteiger partial charge on any atom is 0.306 e. The highest BCUT2D eigenvalue weighted by Gasteiger charge is 2.19. The van der Waals surface area contributed by atoms with Gasteiger partial charge in [0.1, 0.15) is 13.2 Å². The van der Waals surface area contributed by atoms with E-state index in [9.17, 15) is 14.4 Å². The Morgan fingerprint density at radius 2 is 0.581 bits per heavy atom. The number of ether oxygens (including phenoxy) is 3. The van der Waals surface area contributed by atoms with Gasteiger partial charge < -0.3 is 14.2 Å². The Bertz CT molecular complexity index is 1050. The van der Waals surface area contributed by atoms with Crippen molar-refractivity contribution >= 4 is 17.9 Å². The molecule has 0 aliphatic rings. The fourth-order valence-electron chi connectivity index (χ4n) is 7.76. The molecule has 1 atom stereocenters. The molecule has 0 aromatic heterocycles. The number of unbranched alkanes of at least 4 members (excludes halogenated alkanes) is 32. The van der Waals surface area contributed by atoms with Gasteiger partial charge in [-0.2, -0.15) is 0 Å². The van der Waals surface area contributed by atoms with E-state index in [-0.39, 0.29) is 31.1 Å². The molecule has 0 bridgehead atoms. The van der Waals surface area contributed by atoms with E-state index in [0.29, 0.717) is 19.3 Å². The first-order valence-electron chi connectivity index (χ1n) is 27.0. The topological polar surface area (TPSA) is 78.9 Å². The van der Waals surface area contributed by atoms with E-state index in [1.807, 2.05) is 0 Å². The highest BCUT2D eigenvalue weighted by Crippen LogP contribution is 2.15. The quantitative estimate of drug-likeness (QED) is 0.0262. The first kappa shape index (κ1) is 59.6. The van der Waals surface area contributed by atoms with E-state index in [0.717, 1.165) is 70.6 Å². The van der Waals surface area contributed by atoms with Crippen molar-refractivity contribution < 1.29 is 28.6 Å². The summed E-state index contributed by atoms with van der Waals surface area (Å²) in [5.74, 6) is -0.880. The molecule has 0 aliphatic heterocycles. The lowest BCUT2D eigenvalue weighted by molar-refractivity contribution is -0.167. The minimum Gasteiger partial charge on any atom is -0.462 e. The minimum atomic E-state index is -0.773. The zero-order chi connectivity index (χ0) is 45.1. The number of hydrogen-bond acceptors (Lipinski definition) is 6. The zero-order valence-electron chi connectivity index (χ0n) is 41.4. The summed E-state index contributed by atoms with van der Waals surface area (Å²) >= 11 is 0. The van der Waals surface area contributed by atoms with E-state index in [4.69, 9.17) is 14.2 Å². The van der Waals surface area contributed by atoms with Gasteiger partial charge >= 0.3 is 17.9 Å². The van der Waals surface area contributed by atoms with Crippen LogP contribution in [-0.2, 0) is 28.6 Å². The van der Waals surface area contributed by atoms with Gasteiger partial charge in [0.15, 0.2) is 6.10 Å². The van der Waals surface area contributed by atoms with Crippen LogP contribution in [0.15, 0.2) is 36.5 Å². The van der Waals surface area contributed by atoms with E-state index in [1.165, 1.54) is 173 Å². The maximum absolute atomic E-state index is 12.8. The molecule has 0 aromatic carbocycles. The summed E-state index contributed by atoms with van der Waals surface area (Å²) in [5, 5.41) is 0. The van der Waals surface area contributed by atoms with Crippen LogP contribution in [0.2, 0.25) is 0 Å². The second-order valence-corrected chi connectivity index (χ2v) is 18.1. The van der Waals surface area contributed by atoms with Gasteiger partial charge in [0, 0.05) is 19.3 Å². The summed E-state index contributed by atoms with van der Waals surface area (Å²) in [5.41, 5.74) is 0. The molecule has 6 nitrogen and oxygen atoms in total. The number of esters is 3. The first-order chi connectivity index (χ1) is 30.5. The molecule has 0 aromatic rings.